The van der Waals surface area contributed by atoms with Gasteiger partial charge < -0.3 is 30.2 Å². The molecule has 8 nitrogen and oxygen atoms in total. The Hall–Kier alpha value is -3.56. The van der Waals surface area contributed by atoms with E-state index in [-0.39, 0.29) is 17.4 Å². The van der Waals surface area contributed by atoms with Gasteiger partial charge in [-0.15, -0.1) is 8.78 Å². The van der Waals surface area contributed by atoms with Gasteiger partial charge in [0.2, 0.25) is 11.8 Å². The fourth-order valence-electron chi connectivity index (χ4n) is 2.68. The van der Waals surface area contributed by atoms with Crippen LogP contribution in [-0.2, 0) is 9.59 Å². The summed E-state index contributed by atoms with van der Waals surface area (Å²) in [4.78, 5) is 23.8. The molecule has 10 heteroatoms. The molecule has 2 aromatic carbocycles. The minimum absolute atomic E-state index is 0.0859. The van der Waals surface area contributed by atoms with E-state index in [2.05, 4.69) is 25.4 Å². The van der Waals surface area contributed by atoms with E-state index in [0.29, 0.717) is 22.8 Å². The molecule has 1 aliphatic heterocycles. The summed E-state index contributed by atoms with van der Waals surface area (Å²) in [6.07, 6.45) is -3.71. The summed E-state index contributed by atoms with van der Waals surface area (Å²) >= 11 is 0. The largest absolute Gasteiger partial charge is 0.586 e. The molecular formula is C19H19F2N3O5. The number of nitrogens with one attached hydrogen (secondary N) is 3. The van der Waals surface area contributed by atoms with E-state index in [1.807, 2.05) is 0 Å². The maximum Gasteiger partial charge on any atom is 0.586 e. The summed E-state index contributed by atoms with van der Waals surface area (Å²) in [6.45, 7) is 2.97. The van der Waals surface area contributed by atoms with Gasteiger partial charge in [0.25, 0.3) is 0 Å². The Bertz CT molecular complexity index is 951. The van der Waals surface area contributed by atoms with Gasteiger partial charge in [-0.25, -0.2) is 0 Å². The zero-order valence-electron chi connectivity index (χ0n) is 15.8. The molecule has 0 fully saturated rings. The van der Waals surface area contributed by atoms with E-state index >= 15 is 0 Å². The number of ether oxygens (including phenoxy) is 3. The SMILES string of the molecule is COc1ccc(NC(C)=O)cc1NC(=O)[C@H](C)Nc1ccc2c(c1)OC(F)(F)O2. The Morgan fingerprint density at radius 3 is 2.41 bits per heavy atom. The predicted molar refractivity (Wildman–Crippen MR) is 102 cm³/mol. The van der Waals surface area contributed by atoms with Crippen molar-refractivity contribution in [2.24, 2.45) is 0 Å². The van der Waals surface area contributed by atoms with Crippen LogP contribution in [0.4, 0.5) is 25.8 Å². The van der Waals surface area contributed by atoms with E-state index in [1.54, 1.807) is 25.1 Å². The number of amides is 2. The minimum atomic E-state index is -3.71. The van der Waals surface area contributed by atoms with Gasteiger partial charge in [0.1, 0.15) is 11.8 Å². The lowest BCUT2D eigenvalue weighted by Gasteiger charge is -2.17. The Kier molecular flexibility index (Phi) is 5.44. The highest BCUT2D eigenvalue weighted by molar-refractivity contribution is 5.98. The van der Waals surface area contributed by atoms with Crippen molar-refractivity contribution in [2.45, 2.75) is 26.2 Å². The molecule has 29 heavy (non-hydrogen) atoms. The Morgan fingerprint density at radius 2 is 1.72 bits per heavy atom. The maximum absolute atomic E-state index is 13.1. The number of carbonyl (C=O) groups excluding carboxylic acids is 2. The molecule has 1 heterocycles. The summed E-state index contributed by atoms with van der Waals surface area (Å²) in [7, 11) is 1.45. The Balaban J connectivity index is 1.69. The number of anilines is 3. The summed E-state index contributed by atoms with van der Waals surface area (Å²) in [5.74, 6) is -0.471. The van der Waals surface area contributed by atoms with Crippen LogP contribution in [0.5, 0.6) is 17.2 Å². The van der Waals surface area contributed by atoms with Gasteiger partial charge in [0.15, 0.2) is 11.5 Å². The molecule has 1 aliphatic rings. The summed E-state index contributed by atoms with van der Waals surface area (Å²) < 4.78 is 40.2. The van der Waals surface area contributed by atoms with Crippen molar-refractivity contribution in [3.05, 3.63) is 36.4 Å². The molecule has 3 rings (SSSR count). The number of fused-ring (bicyclic) bond motifs is 1. The van der Waals surface area contributed by atoms with Gasteiger partial charge in [-0.3, -0.25) is 9.59 Å². The third-order valence-electron chi connectivity index (χ3n) is 3.96. The van der Waals surface area contributed by atoms with Crippen LogP contribution in [0.15, 0.2) is 36.4 Å². The van der Waals surface area contributed by atoms with Crippen molar-refractivity contribution < 1.29 is 32.6 Å². The van der Waals surface area contributed by atoms with Crippen molar-refractivity contribution >= 4 is 28.9 Å². The molecular weight excluding hydrogens is 388 g/mol. The van der Waals surface area contributed by atoms with E-state index in [0.717, 1.165) is 0 Å². The summed E-state index contributed by atoms with van der Waals surface area (Å²) in [5, 5.41) is 8.23. The lowest BCUT2D eigenvalue weighted by molar-refractivity contribution is -0.286. The molecule has 2 amide bonds. The van der Waals surface area contributed by atoms with Crippen molar-refractivity contribution in [2.75, 3.05) is 23.1 Å². The summed E-state index contributed by atoms with van der Waals surface area (Å²) in [6, 6.07) is 8.21. The van der Waals surface area contributed by atoms with Crippen LogP contribution in [0.2, 0.25) is 0 Å². The van der Waals surface area contributed by atoms with Gasteiger partial charge in [-0.2, -0.15) is 0 Å². The number of hydrogen-bond acceptors (Lipinski definition) is 6. The van der Waals surface area contributed by atoms with Gasteiger partial charge >= 0.3 is 6.29 Å². The zero-order chi connectivity index (χ0) is 21.2. The molecule has 0 unspecified atom stereocenters. The van der Waals surface area contributed by atoms with Crippen LogP contribution in [-0.4, -0.2) is 31.3 Å². The van der Waals surface area contributed by atoms with Crippen molar-refractivity contribution in [1.82, 2.24) is 0 Å². The average Bonchev–Trinajstić information content (AvgIpc) is 2.94. The van der Waals surface area contributed by atoms with Gasteiger partial charge in [0.05, 0.1) is 12.8 Å². The number of hydrogen-bond donors (Lipinski definition) is 3. The lowest BCUT2D eigenvalue weighted by Crippen LogP contribution is -2.32. The van der Waals surface area contributed by atoms with Crippen LogP contribution in [0.1, 0.15) is 13.8 Å². The van der Waals surface area contributed by atoms with Crippen LogP contribution in [0.25, 0.3) is 0 Å². The molecule has 154 valence electrons. The second-order valence-electron chi connectivity index (χ2n) is 6.28. The molecule has 0 aliphatic carbocycles. The predicted octanol–water partition coefficient (Wildman–Crippen LogP) is 3.41. The van der Waals surface area contributed by atoms with Crippen molar-refractivity contribution in [3.8, 4) is 17.2 Å². The topological polar surface area (TPSA) is 97.9 Å². The van der Waals surface area contributed by atoms with Gasteiger partial charge in [0, 0.05) is 24.4 Å². The fraction of sp³-hybridized carbons (Fsp3) is 0.263. The number of rotatable bonds is 6. The third-order valence-corrected chi connectivity index (χ3v) is 3.96. The first-order valence-corrected chi connectivity index (χ1v) is 8.60. The first kappa shape index (κ1) is 20.2. The first-order chi connectivity index (χ1) is 13.7. The van der Waals surface area contributed by atoms with Crippen LogP contribution >= 0.6 is 0 Å². The smallest absolute Gasteiger partial charge is 0.495 e. The minimum Gasteiger partial charge on any atom is -0.495 e. The van der Waals surface area contributed by atoms with Crippen LogP contribution in [0.3, 0.4) is 0 Å². The van der Waals surface area contributed by atoms with Gasteiger partial charge in [-0.05, 0) is 37.3 Å². The zero-order valence-corrected chi connectivity index (χ0v) is 15.8. The quantitative estimate of drug-likeness (QED) is 0.679. The van der Waals surface area contributed by atoms with E-state index in [9.17, 15) is 18.4 Å². The number of carbonyl (C=O) groups is 2. The molecule has 0 saturated carbocycles. The van der Waals surface area contributed by atoms with Crippen molar-refractivity contribution in [3.63, 3.8) is 0 Å². The standard InChI is InChI=1S/C19H19F2N3O5/c1-10(22-13-5-7-16-17(9-13)29-19(20,21)28-16)18(26)24-14-8-12(23-11(2)25)4-6-15(14)27-3/h4-10,22H,1-3H3,(H,23,25)(H,24,26)/t10-/m0/s1. The number of benzene rings is 2. The molecule has 0 bridgehead atoms. The molecule has 3 N–H and O–H groups in total. The highest BCUT2D eigenvalue weighted by atomic mass is 19.3. The average molecular weight is 407 g/mol. The normalized spacial score (nSPS) is 14.7. The van der Waals surface area contributed by atoms with Crippen molar-refractivity contribution in [1.29, 1.82) is 0 Å². The van der Waals surface area contributed by atoms with E-state index in [4.69, 9.17) is 4.74 Å². The van der Waals surface area contributed by atoms with E-state index < -0.39 is 18.2 Å². The second-order valence-corrected chi connectivity index (χ2v) is 6.28. The number of halogens is 2. The molecule has 1 atom stereocenters. The summed E-state index contributed by atoms with van der Waals surface area (Å²) in [5.41, 5.74) is 1.25. The number of alkyl halides is 2. The molecule has 0 saturated heterocycles. The first-order valence-electron chi connectivity index (χ1n) is 8.60. The molecule has 0 radical (unpaired) electrons. The highest BCUT2D eigenvalue weighted by Crippen LogP contribution is 2.42. The molecule has 2 aromatic rings. The fourth-order valence-corrected chi connectivity index (χ4v) is 2.68. The van der Waals surface area contributed by atoms with Crippen LogP contribution in [0, 0.1) is 0 Å². The highest BCUT2D eigenvalue weighted by Gasteiger charge is 2.43. The monoisotopic (exact) mass is 407 g/mol. The second kappa shape index (κ2) is 7.82. The number of methoxy groups -OCH3 is 1. The Labute approximate surface area is 165 Å². The Morgan fingerprint density at radius 1 is 1.03 bits per heavy atom. The lowest BCUT2D eigenvalue weighted by atomic mass is 10.2. The maximum atomic E-state index is 13.1. The van der Waals surface area contributed by atoms with Gasteiger partial charge in [-0.1, -0.05) is 0 Å². The molecule has 0 spiro atoms. The van der Waals surface area contributed by atoms with Crippen LogP contribution < -0.4 is 30.2 Å². The van der Waals surface area contributed by atoms with E-state index in [1.165, 1.54) is 32.2 Å². The third kappa shape index (κ3) is 4.84. The molecule has 0 aromatic heterocycles.